The van der Waals surface area contributed by atoms with Gasteiger partial charge in [-0.15, -0.1) is 0 Å². The lowest BCUT2D eigenvalue weighted by Crippen LogP contribution is -2.36. The van der Waals surface area contributed by atoms with E-state index in [0.29, 0.717) is 12.6 Å². The number of nitrogens with one attached hydrogen (secondary N) is 1. The van der Waals surface area contributed by atoms with Crippen LogP contribution in [0.1, 0.15) is 31.7 Å². The molecule has 1 aromatic rings. The minimum atomic E-state index is 0.0144. The summed E-state index contributed by atoms with van der Waals surface area (Å²) < 4.78 is 5.75. The first-order chi connectivity index (χ1) is 8.79. The molecule has 1 aromatic heterocycles. The predicted octanol–water partition coefficient (Wildman–Crippen LogP) is 1.77. The third-order valence-corrected chi connectivity index (χ3v) is 3.48. The van der Waals surface area contributed by atoms with Gasteiger partial charge < -0.3 is 9.72 Å². The fourth-order valence-electron chi connectivity index (χ4n) is 2.37. The summed E-state index contributed by atoms with van der Waals surface area (Å²) in [6.07, 6.45) is 5.59. The average Bonchev–Trinajstić information content (AvgIpc) is 2.41. The lowest BCUT2D eigenvalue weighted by atomic mass is 10.1. The molecule has 2 heterocycles. The number of aromatic amines is 1. The van der Waals surface area contributed by atoms with Crippen LogP contribution in [0.2, 0.25) is 0 Å². The Hall–Kier alpha value is -1.13. The number of likely N-dealkylation sites (N-methyl/N-ethyl adjacent to an activating group) is 1. The molecule has 1 N–H and O–H groups in total. The van der Waals surface area contributed by atoms with Crippen molar-refractivity contribution >= 4 is 0 Å². The summed E-state index contributed by atoms with van der Waals surface area (Å²) in [4.78, 5) is 16.6. The molecular weight excluding hydrogens is 228 g/mol. The highest BCUT2D eigenvalue weighted by Gasteiger charge is 2.17. The van der Waals surface area contributed by atoms with Gasteiger partial charge in [0.05, 0.1) is 6.10 Å². The van der Waals surface area contributed by atoms with E-state index in [9.17, 15) is 4.79 Å². The first kappa shape index (κ1) is 13.3. The minimum absolute atomic E-state index is 0.0144. The Balaban J connectivity index is 1.92. The van der Waals surface area contributed by atoms with Gasteiger partial charge in [0.15, 0.2) is 0 Å². The van der Waals surface area contributed by atoms with Crippen LogP contribution in [0.15, 0.2) is 23.1 Å². The second kappa shape index (κ2) is 6.71. The van der Waals surface area contributed by atoms with Gasteiger partial charge in [-0.25, -0.2) is 0 Å². The van der Waals surface area contributed by atoms with Crippen molar-refractivity contribution in [3.05, 3.63) is 34.2 Å². The second-order valence-electron chi connectivity index (χ2n) is 4.84. The fraction of sp³-hybridized carbons (Fsp3) is 0.643. The Bertz CT molecular complexity index is 410. The summed E-state index contributed by atoms with van der Waals surface area (Å²) in [6.45, 7) is 5.57. The maximum atomic E-state index is 11.6. The number of hydrogen-bond donors (Lipinski definition) is 1. The Morgan fingerprint density at radius 2 is 2.39 bits per heavy atom. The number of ether oxygens (including phenoxy) is 1. The van der Waals surface area contributed by atoms with Crippen LogP contribution in [0, 0.1) is 0 Å². The van der Waals surface area contributed by atoms with Crippen molar-refractivity contribution in [3.8, 4) is 0 Å². The number of pyridine rings is 1. The lowest BCUT2D eigenvalue weighted by Gasteiger charge is -2.29. The number of H-pyrrole nitrogens is 1. The van der Waals surface area contributed by atoms with Crippen LogP contribution >= 0.6 is 0 Å². The molecule has 100 valence electrons. The SMILES string of the molecule is CCN(Cc1ccc[nH]c1=O)CC1CCCCO1. The molecule has 0 spiro atoms. The van der Waals surface area contributed by atoms with E-state index in [0.717, 1.165) is 31.7 Å². The van der Waals surface area contributed by atoms with E-state index in [4.69, 9.17) is 4.74 Å². The topological polar surface area (TPSA) is 45.3 Å². The highest BCUT2D eigenvalue weighted by molar-refractivity contribution is 5.08. The van der Waals surface area contributed by atoms with E-state index >= 15 is 0 Å². The molecule has 4 heteroatoms. The first-order valence-corrected chi connectivity index (χ1v) is 6.80. The molecule has 0 amide bonds. The van der Waals surface area contributed by atoms with Gasteiger partial charge in [-0.3, -0.25) is 9.69 Å². The average molecular weight is 250 g/mol. The van der Waals surface area contributed by atoms with E-state index in [1.165, 1.54) is 12.8 Å². The van der Waals surface area contributed by atoms with Gasteiger partial charge in [-0.2, -0.15) is 0 Å². The van der Waals surface area contributed by atoms with Crippen molar-refractivity contribution < 1.29 is 4.74 Å². The summed E-state index contributed by atoms with van der Waals surface area (Å²) in [7, 11) is 0. The third-order valence-electron chi connectivity index (χ3n) is 3.48. The third kappa shape index (κ3) is 3.68. The van der Waals surface area contributed by atoms with E-state index in [2.05, 4.69) is 16.8 Å². The van der Waals surface area contributed by atoms with Gasteiger partial charge in [-0.05, 0) is 31.9 Å². The van der Waals surface area contributed by atoms with E-state index in [1.807, 2.05) is 12.1 Å². The van der Waals surface area contributed by atoms with Gasteiger partial charge in [0.1, 0.15) is 0 Å². The van der Waals surface area contributed by atoms with Crippen LogP contribution in [0.25, 0.3) is 0 Å². The second-order valence-corrected chi connectivity index (χ2v) is 4.84. The normalized spacial score (nSPS) is 20.2. The molecular formula is C14H22N2O2. The quantitative estimate of drug-likeness (QED) is 0.866. The Labute approximate surface area is 108 Å². The monoisotopic (exact) mass is 250 g/mol. The molecule has 1 aliphatic heterocycles. The standard InChI is InChI=1S/C14H22N2O2/c1-2-16(11-13-7-3-4-9-18-13)10-12-6-5-8-15-14(12)17/h5-6,8,13H,2-4,7,9-11H2,1H3,(H,15,17). The highest BCUT2D eigenvalue weighted by atomic mass is 16.5. The summed E-state index contributed by atoms with van der Waals surface area (Å²) >= 11 is 0. The fourth-order valence-corrected chi connectivity index (χ4v) is 2.37. The van der Waals surface area contributed by atoms with Crippen molar-refractivity contribution in [2.24, 2.45) is 0 Å². The van der Waals surface area contributed by atoms with Crippen LogP contribution < -0.4 is 5.56 Å². The zero-order valence-electron chi connectivity index (χ0n) is 11.0. The van der Waals surface area contributed by atoms with Gasteiger partial charge >= 0.3 is 0 Å². The zero-order valence-corrected chi connectivity index (χ0v) is 11.0. The Morgan fingerprint density at radius 1 is 1.50 bits per heavy atom. The van der Waals surface area contributed by atoms with Gasteiger partial charge in [0.2, 0.25) is 0 Å². The molecule has 0 radical (unpaired) electrons. The first-order valence-electron chi connectivity index (χ1n) is 6.80. The molecule has 1 atom stereocenters. The molecule has 0 saturated carbocycles. The summed E-state index contributed by atoms with van der Waals surface area (Å²) in [5, 5.41) is 0. The number of hydrogen-bond acceptors (Lipinski definition) is 3. The number of aromatic nitrogens is 1. The summed E-state index contributed by atoms with van der Waals surface area (Å²) in [6, 6.07) is 3.77. The van der Waals surface area contributed by atoms with E-state index in [1.54, 1.807) is 6.20 Å². The maximum absolute atomic E-state index is 11.6. The van der Waals surface area contributed by atoms with E-state index in [-0.39, 0.29) is 5.56 Å². The van der Waals surface area contributed by atoms with E-state index < -0.39 is 0 Å². The Kier molecular flexibility index (Phi) is 4.96. The summed E-state index contributed by atoms with van der Waals surface area (Å²) in [5.41, 5.74) is 0.843. The van der Waals surface area contributed by atoms with Crippen LogP contribution in [0.3, 0.4) is 0 Å². The van der Waals surface area contributed by atoms with Gasteiger partial charge in [0, 0.05) is 31.5 Å². The van der Waals surface area contributed by atoms with Crippen molar-refractivity contribution in [2.45, 2.75) is 38.8 Å². The molecule has 0 aliphatic carbocycles. The largest absolute Gasteiger partial charge is 0.377 e. The highest BCUT2D eigenvalue weighted by Crippen LogP contribution is 2.14. The van der Waals surface area contributed by atoms with Crippen LogP contribution in [-0.2, 0) is 11.3 Å². The molecule has 1 aliphatic rings. The predicted molar refractivity (Wildman–Crippen MR) is 71.6 cm³/mol. The summed E-state index contributed by atoms with van der Waals surface area (Å²) in [5.74, 6) is 0. The molecule has 4 nitrogen and oxygen atoms in total. The molecule has 18 heavy (non-hydrogen) atoms. The minimum Gasteiger partial charge on any atom is -0.377 e. The molecule has 1 saturated heterocycles. The number of rotatable bonds is 5. The van der Waals surface area contributed by atoms with Crippen molar-refractivity contribution in [2.75, 3.05) is 19.7 Å². The number of nitrogens with zero attached hydrogens (tertiary/aromatic N) is 1. The molecule has 0 aromatic carbocycles. The van der Waals surface area contributed by atoms with Gasteiger partial charge in [-0.1, -0.05) is 13.0 Å². The van der Waals surface area contributed by atoms with Crippen LogP contribution in [0.5, 0.6) is 0 Å². The van der Waals surface area contributed by atoms with Crippen molar-refractivity contribution in [1.82, 2.24) is 9.88 Å². The lowest BCUT2D eigenvalue weighted by molar-refractivity contribution is -0.00629. The zero-order chi connectivity index (χ0) is 12.8. The maximum Gasteiger partial charge on any atom is 0.252 e. The van der Waals surface area contributed by atoms with Crippen molar-refractivity contribution in [1.29, 1.82) is 0 Å². The molecule has 0 bridgehead atoms. The molecule has 1 unspecified atom stereocenters. The smallest absolute Gasteiger partial charge is 0.252 e. The van der Waals surface area contributed by atoms with Crippen molar-refractivity contribution in [3.63, 3.8) is 0 Å². The van der Waals surface area contributed by atoms with Gasteiger partial charge in [0.25, 0.3) is 5.56 Å². The van der Waals surface area contributed by atoms with Crippen LogP contribution in [0.4, 0.5) is 0 Å². The van der Waals surface area contributed by atoms with Crippen LogP contribution in [-0.4, -0.2) is 35.7 Å². The Morgan fingerprint density at radius 3 is 3.06 bits per heavy atom. The molecule has 1 fully saturated rings. The molecule has 2 rings (SSSR count).